The first-order valence-electron chi connectivity index (χ1n) is 2.26. The van der Waals surface area contributed by atoms with E-state index in [1.165, 1.54) is 0 Å². The molecule has 0 saturated carbocycles. The number of hydrogen-bond donors (Lipinski definition) is 0. The molecule has 1 aromatic rings. The van der Waals surface area contributed by atoms with Gasteiger partial charge in [-0.1, -0.05) is 6.07 Å². The summed E-state index contributed by atoms with van der Waals surface area (Å²) in [7, 11) is 0. The molecular weight excluding hydrogens is 221 g/mol. The van der Waals surface area contributed by atoms with Gasteiger partial charge in [0, 0.05) is 19.5 Å². The van der Waals surface area contributed by atoms with Crippen LogP contribution in [-0.4, -0.2) is 0 Å². The molecule has 0 unspecified atom stereocenters. The van der Waals surface area contributed by atoms with Crippen LogP contribution in [0, 0.1) is 29.2 Å². The summed E-state index contributed by atoms with van der Waals surface area (Å²) < 4.78 is 0. The normalized spacial score (nSPS) is 5.00. The summed E-state index contributed by atoms with van der Waals surface area (Å²) in [4.78, 5) is 0. The van der Waals surface area contributed by atoms with Crippen LogP contribution < -0.4 is 0 Å². The Kier molecular flexibility index (Phi) is 42.4. The monoisotopic (exact) mass is 236 g/mol. The van der Waals surface area contributed by atoms with Crippen LogP contribution in [0.1, 0.15) is 5.56 Å². The van der Waals surface area contributed by atoms with Gasteiger partial charge < -0.3 is 22.3 Å². The third-order valence-corrected chi connectivity index (χ3v) is 0.843. The first kappa shape index (κ1) is 29.6. The molecule has 0 bridgehead atoms. The Bertz CT molecular complexity index is 140. The van der Waals surface area contributed by atoms with Crippen molar-refractivity contribution < 1.29 is 19.5 Å². The van der Waals surface area contributed by atoms with Crippen LogP contribution in [0.2, 0.25) is 0 Å². The first-order chi connectivity index (χ1) is 3.39. The minimum Gasteiger partial charge on any atom is -0.358 e. The standard InChI is InChI=1S/C7H7.3CH3.ClH.Zn/c1-7-5-3-2-4-6-7;;;;;/h2-6H,1H2;3*1H3;1H;/q4*-1;;. The van der Waals surface area contributed by atoms with Gasteiger partial charge >= 0.3 is 0 Å². The minimum absolute atomic E-state index is 0. The summed E-state index contributed by atoms with van der Waals surface area (Å²) in [5, 5.41) is 0. The number of hydrogen-bond acceptors (Lipinski definition) is 0. The molecule has 1 rings (SSSR count). The van der Waals surface area contributed by atoms with Crippen molar-refractivity contribution in [2.45, 2.75) is 0 Å². The third kappa shape index (κ3) is 12.7. The molecule has 0 aliphatic heterocycles. The Morgan fingerprint density at radius 2 is 1.17 bits per heavy atom. The van der Waals surface area contributed by atoms with Crippen molar-refractivity contribution in [3.8, 4) is 0 Å². The van der Waals surface area contributed by atoms with Crippen LogP contribution in [0.4, 0.5) is 0 Å². The zero-order valence-electron chi connectivity index (χ0n) is 8.21. The molecule has 0 spiro atoms. The number of halogens is 1. The smallest absolute Gasteiger partial charge is 0 e. The van der Waals surface area contributed by atoms with Crippen molar-refractivity contribution in [2.75, 3.05) is 0 Å². The zero-order chi connectivity index (χ0) is 5.11. The van der Waals surface area contributed by atoms with Crippen LogP contribution in [-0.2, 0) is 19.5 Å². The molecule has 1 aromatic carbocycles. The molecule has 0 nitrogen and oxygen atoms in total. The summed E-state index contributed by atoms with van der Waals surface area (Å²) >= 11 is 0. The molecule has 70 valence electrons. The van der Waals surface area contributed by atoms with Gasteiger partial charge in [-0.15, -0.1) is 24.5 Å². The molecule has 0 atom stereocenters. The van der Waals surface area contributed by atoms with E-state index >= 15 is 0 Å². The Labute approximate surface area is 96.9 Å². The van der Waals surface area contributed by atoms with Gasteiger partial charge in [0.25, 0.3) is 0 Å². The average molecular weight is 238 g/mol. The van der Waals surface area contributed by atoms with Gasteiger partial charge in [0.1, 0.15) is 0 Å². The molecule has 2 heteroatoms. The van der Waals surface area contributed by atoms with Crippen LogP contribution >= 0.6 is 12.4 Å². The van der Waals surface area contributed by atoms with Crippen molar-refractivity contribution in [1.29, 1.82) is 0 Å². The maximum absolute atomic E-state index is 3.72. The largest absolute Gasteiger partial charge is 0.358 e. The first-order valence-corrected chi connectivity index (χ1v) is 2.26. The Morgan fingerprint density at radius 1 is 0.833 bits per heavy atom. The fraction of sp³-hybridized carbons (Fsp3) is 0. The molecular formula is C10H17ClZn-4. The Balaban J connectivity index is -0.0000000327. The quantitative estimate of drug-likeness (QED) is 0.478. The second-order valence-corrected chi connectivity index (χ2v) is 1.49. The van der Waals surface area contributed by atoms with E-state index in [0.717, 1.165) is 5.56 Å². The fourth-order valence-corrected chi connectivity index (χ4v) is 0.478. The van der Waals surface area contributed by atoms with Crippen LogP contribution in [0.25, 0.3) is 0 Å². The maximum Gasteiger partial charge on any atom is 0 e. The van der Waals surface area contributed by atoms with Gasteiger partial charge in [0.15, 0.2) is 0 Å². The third-order valence-electron chi connectivity index (χ3n) is 0.843. The van der Waals surface area contributed by atoms with Crippen molar-refractivity contribution in [1.82, 2.24) is 0 Å². The van der Waals surface area contributed by atoms with Crippen molar-refractivity contribution >= 4 is 12.4 Å². The number of rotatable bonds is 0. The molecule has 0 saturated heterocycles. The van der Waals surface area contributed by atoms with E-state index < -0.39 is 0 Å². The predicted octanol–water partition coefficient (Wildman–Crippen LogP) is 3.64. The minimum atomic E-state index is 0. The van der Waals surface area contributed by atoms with Gasteiger partial charge in [0.05, 0.1) is 0 Å². The van der Waals surface area contributed by atoms with Crippen LogP contribution in [0.5, 0.6) is 0 Å². The average Bonchev–Trinajstić information content (AvgIpc) is 1.69. The summed E-state index contributed by atoms with van der Waals surface area (Å²) in [6.07, 6.45) is 0. The van der Waals surface area contributed by atoms with E-state index in [1.54, 1.807) is 0 Å². The molecule has 0 aliphatic rings. The topological polar surface area (TPSA) is 0 Å². The molecule has 0 heterocycles. The molecule has 0 N–H and O–H groups in total. The summed E-state index contributed by atoms with van der Waals surface area (Å²) in [5.41, 5.74) is 1.07. The second kappa shape index (κ2) is 17.2. The Hall–Kier alpha value is 0.00338. The van der Waals surface area contributed by atoms with Gasteiger partial charge in [-0.2, -0.15) is 24.6 Å². The fourth-order valence-electron chi connectivity index (χ4n) is 0.478. The van der Waals surface area contributed by atoms with E-state index in [1.807, 2.05) is 30.3 Å². The van der Waals surface area contributed by atoms with E-state index in [9.17, 15) is 0 Å². The zero-order valence-corrected chi connectivity index (χ0v) is 12.0. The van der Waals surface area contributed by atoms with E-state index in [0.29, 0.717) is 0 Å². The van der Waals surface area contributed by atoms with E-state index in [4.69, 9.17) is 0 Å². The molecule has 0 fully saturated rings. The second-order valence-electron chi connectivity index (χ2n) is 1.49. The summed E-state index contributed by atoms with van der Waals surface area (Å²) in [6, 6.07) is 9.87. The maximum atomic E-state index is 3.72. The Morgan fingerprint density at radius 3 is 1.33 bits per heavy atom. The molecule has 0 aliphatic carbocycles. The van der Waals surface area contributed by atoms with E-state index in [2.05, 4.69) is 6.92 Å². The van der Waals surface area contributed by atoms with E-state index in [-0.39, 0.29) is 54.2 Å². The van der Waals surface area contributed by atoms with Gasteiger partial charge in [-0.3, -0.25) is 0 Å². The van der Waals surface area contributed by atoms with Crippen molar-refractivity contribution in [3.05, 3.63) is 65.1 Å². The van der Waals surface area contributed by atoms with Gasteiger partial charge in [-0.05, 0) is 0 Å². The van der Waals surface area contributed by atoms with Crippen molar-refractivity contribution in [2.24, 2.45) is 0 Å². The molecule has 0 radical (unpaired) electrons. The van der Waals surface area contributed by atoms with Crippen molar-refractivity contribution in [3.63, 3.8) is 0 Å². The SMILES string of the molecule is Cl.[CH2-]c1ccccc1.[CH3-].[CH3-].[CH3-].[Zn]. The van der Waals surface area contributed by atoms with Crippen LogP contribution in [0.3, 0.4) is 0 Å². The number of benzene rings is 1. The molecule has 0 amide bonds. The van der Waals surface area contributed by atoms with Crippen LogP contribution in [0.15, 0.2) is 30.3 Å². The predicted molar refractivity (Wildman–Crippen MR) is 57.4 cm³/mol. The summed E-state index contributed by atoms with van der Waals surface area (Å²) in [5.74, 6) is 0. The molecule has 12 heavy (non-hydrogen) atoms. The molecule has 0 aromatic heterocycles. The van der Waals surface area contributed by atoms with Gasteiger partial charge in [0.2, 0.25) is 0 Å². The summed E-state index contributed by atoms with van der Waals surface area (Å²) in [6.45, 7) is 3.72. The van der Waals surface area contributed by atoms with Gasteiger partial charge in [-0.25, -0.2) is 0 Å².